The number of nitrogens with zero attached hydrogens (tertiary/aromatic N) is 3. The quantitative estimate of drug-likeness (QED) is 0.709. The molecule has 2 atom stereocenters. The number of ketones is 1. The SMILES string of the molecule is CCCCC1CN(CC(=O)N[C@@H]2CCCC2=O)C(=O)c2cc(-c3ccc(Cl)cc3)nn21. The number of carbonyl (C=O) groups excluding carboxylic acids is 3. The number of hydrogen-bond acceptors (Lipinski definition) is 4. The molecule has 1 fully saturated rings. The summed E-state index contributed by atoms with van der Waals surface area (Å²) in [6, 6.07) is 8.74. The second-order valence-corrected chi connectivity index (χ2v) is 8.76. The molecule has 0 bridgehead atoms. The lowest BCUT2D eigenvalue weighted by Gasteiger charge is -2.33. The molecule has 1 N–H and O–H groups in total. The molecule has 1 saturated carbocycles. The molecule has 4 rings (SSSR count). The second-order valence-electron chi connectivity index (χ2n) is 8.33. The maximum atomic E-state index is 13.2. The lowest BCUT2D eigenvalue weighted by Crippen LogP contribution is -2.49. The normalized spacial score (nSPS) is 20.8. The van der Waals surface area contributed by atoms with E-state index in [0.29, 0.717) is 35.8 Å². The smallest absolute Gasteiger partial charge is 0.272 e. The number of nitrogens with one attached hydrogen (secondary N) is 1. The highest BCUT2D eigenvalue weighted by molar-refractivity contribution is 6.30. The van der Waals surface area contributed by atoms with Crippen molar-refractivity contribution in [3.63, 3.8) is 0 Å². The van der Waals surface area contributed by atoms with Crippen molar-refractivity contribution in [1.82, 2.24) is 20.0 Å². The van der Waals surface area contributed by atoms with E-state index in [1.807, 2.05) is 16.8 Å². The molecule has 0 saturated heterocycles. The van der Waals surface area contributed by atoms with Gasteiger partial charge in [0.2, 0.25) is 5.91 Å². The van der Waals surface area contributed by atoms with Gasteiger partial charge in [-0.25, -0.2) is 0 Å². The number of amides is 2. The molecule has 1 aromatic heterocycles. The highest BCUT2D eigenvalue weighted by Gasteiger charge is 2.34. The molecule has 7 nitrogen and oxygen atoms in total. The molecule has 2 aliphatic rings. The van der Waals surface area contributed by atoms with Gasteiger partial charge in [-0.05, 0) is 37.5 Å². The van der Waals surface area contributed by atoms with Crippen molar-refractivity contribution in [3.8, 4) is 11.3 Å². The monoisotopic (exact) mass is 442 g/mol. The van der Waals surface area contributed by atoms with Crippen LogP contribution in [-0.4, -0.2) is 51.4 Å². The summed E-state index contributed by atoms with van der Waals surface area (Å²) in [4.78, 5) is 39.2. The number of halogens is 1. The summed E-state index contributed by atoms with van der Waals surface area (Å²) in [5, 5.41) is 8.16. The third-order valence-corrected chi connectivity index (χ3v) is 6.28. The fourth-order valence-corrected chi connectivity index (χ4v) is 4.47. The van der Waals surface area contributed by atoms with Crippen molar-refractivity contribution in [2.45, 2.75) is 57.5 Å². The number of benzene rings is 1. The Hall–Kier alpha value is -2.67. The van der Waals surface area contributed by atoms with Crippen LogP contribution < -0.4 is 5.32 Å². The largest absolute Gasteiger partial charge is 0.345 e. The first kappa shape index (κ1) is 21.6. The molecule has 1 aliphatic heterocycles. The molecule has 1 unspecified atom stereocenters. The van der Waals surface area contributed by atoms with Gasteiger partial charge in [0.1, 0.15) is 5.69 Å². The minimum absolute atomic E-state index is 0.00890. The lowest BCUT2D eigenvalue weighted by atomic mass is 10.1. The van der Waals surface area contributed by atoms with Gasteiger partial charge in [0, 0.05) is 23.6 Å². The van der Waals surface area contributed by atoms with Crippen LogP contribution in [0, 0.1) is 0 Å². The number of aromatic nitrogens is 2. The first-order chi connectivity index (χ1) is 15.0. The van der Waals surface area contributed by atoms with E-state index >= 15 is 0 Å². The molecule has 0 radical (unpaired) electrons. The molecular formula is C23H27ClN4O3. The number of rotatable bonds is 7. The standard InChI is InChI=1S/C23H27ClN4O3/c1-2-3-5-17-13-27(14-22(30)25-18-6-4-7-21(18)29)23(31)20-12-19(26-28(17)20)15-8-10-16(24)11-9-15/h8-12,17-18H,2-7,13-14H2,1H3,(H,25,30)/t17?,18-/m1/s1. The summed E-state index contributed by atoms with van der Waals surface area (Å²) in [6.45, 7) is 2.51. The summed E-state index contributed by atoms with van der Waals surface area (Å²) < 4.78 is 1.82. The van der Waals surface area contributed by atoms with Crippen LogP contribution in [0.25, 0.3) is 11.3 Å². The average Bonchev–Trinajstić information content (AvgIpc) is 3.37. The summed E-state index contributed by atoms with van der Waals surface area (Å²) >= 11 is 6.00. The van der Waals surface area contributed by atoms with Crippen LogP contribution >= 0.6 is 11.6 Å². The third-order valence-electron chi connectivity index (χ3n) is 6.02. The first-order valence-corrected chi connectivity index (χ1v) is 11.3. The van der Waals surface area contributed by atoms with Crippen molar-refractivity contribution < 1.29 is 14.4 Å². The molecule has 1 aromatic carbocycles. The summed E-state index contributed by atoms with van der Waals surface area (Å²) in [5.74, 6) is -0.424. The minimum Gasteiger partial charge on any atom is -0.345 e. The van der Waals surface area contributed by atoms with Crippen LogP contribution in [0.15, 0.2) is 30.3 Å². The Kier molecular flexibility index (Phi) is 6.41. The maximum absolute atomic E-state index is 13.2. The van der Waals surface area contributed by atoms with E-state index in [2.05, 4.69) is 12.2 Å². The Morgan fingerprint density at radius 1 is 1.26 bits per heavy atom. The van der Waals surface area contributed by atoms with E-state index in [1.54, 1.807) is 23.1 Å². The summed E-state index contributed by atoms with van der Waals surface area (Å²) in [5.41, 5.74) is 2.09. The van der Waals surface area contributed by atoms with Crippen molar-refractivity contribution >= 4 is 29.2 Å². The van der Waals surface area contributed by atoms with Crippen molar-refractivity contribution in [1.29, 1.82) is 0 Å². The molecule has 0 spiro atoms. The lowest BCUT2D eigenvalue weighted by molar-refractivity contribution is -0.127. The van der Waals surface area contributed by atoms with Gasteiger partial charge in [-0.3, -0.25) is 19.1 Å². The number of fused-ring (bicyclic) bond motifs is 1. The predicted octanol–water partition coefficient (Wildman–Crippen LogP) is 3.63. The Bertz CT molecular complexity index is 985. The molecular weight excluding hydrogens is 416 g/mol. The van der Waals surface area contributed by atoms with E-state index in [4.69, 9.17) is 16.7 Å². The van der Waals surface area contributed by atoms with E-state index in [1.165, 1.54) is 0 Å². The van der Waals surface area contributed by atoms with Gasteiger partial charge in [0.25, 0.3) is 5.91 Å². The zero-order chi connectivity index (χ0) is 22.0. The van der Waals surface area contributed by atoms with Crippen molar-refractivity contribution in [2.75, 3.05) is 13.1 Å². The fourth-order valence-electron chi connectivity index (χ4n) is 4.34. The topological polar surface area (TPSA) is 84.3 Å². The Balaban J connectivity index is 1.55. The van der Waals surface area contributed by atoms with Crippen LogP contribution in [0.4, 0.5) is 0 Å². The Morgan fingerprint density at radius 2 is 2.03 bits per heavy atom. The van der Waals surface area contributed by atoms with Crippen LogP contribution in [0.5, 0.6) is 0 Å². The first-order valence-electron chi connectivity index (χ1n) is 10.9. The second kappa shape index (κ2) is 9.22. The van der Waals surface area contributed by atoms with Gasteiger partial charge >= 0.3 is 0 Å². The van der Waals surface area contributed by atoms with Gasteiger partial charge in [0.05, 0.1) is 24.3 Å². The molecule has 2 aromatic rings. The maximum Gasteiger partial charge on any atom is 0.272 e. The van der Waals surface area contributed by atoms with E-state index in [0.717, 1.165) is 31.2 Å². The van der Waals surface area contributed by atoms with Gasteiger partial charge < -0.3 is 10.2 Å². The van der Waals surface area contributed by atoms with E-state index < -0.39 is 6.04 Å². The van der Waals surface area contributed by atoms with Gasteiger partial charge in [-0.15, -0.1) is 0 Å². The zero-order valence-corrected chi connectivity index (χ0v) is 18.4. The molecule has 2 amide bonds. The number of carbonyl (C=O) groups is 3. The van der Waals surface area contributed by atoms with Crippen LogP contribution in [0.3, 0.4) is 0 Å². The number of hydrogen-bond donors (Lipinski definition) is 1. The molecule has 8 heteroatoms. The van der Waals surface area contributed by atoms with Gasteiger partial charge in [0.15, 0.2) is 5.78 Å². The fraction of sp³-hybridized carbons (Fsp3) is 0.478. The van der Waals surface area contributed by atoms with E-state index in [9.17, 15) is 14.4 Å². The zero-order valence-electron chi connectivity index (χ0n) is 17.6. The van der Waals surface area contributed by atoms with Crippen LogP contribution in [0.1, 0.15) is 62.0 Å². The summed E-state index contributed by atoms with van der Waals surface area (Å²) in [6.07, 6.45) is 4.91. The molecule has 164 valence electrons. The third kappa shape index (κ3) is 4.66. The molecule has 31 heavy (non-hydrogen) atoms. The number of unbranched alkanes of at least 4 members (excludes halogenated alkanes) is 1. The number of Topliss-reactive ketones (excluding diaryl/α,β-unsaturated/α-hetero) is 1. The predicted molar refractivity (Wildman–Crippen MR) is 118 cm³/mol. The Morgan fingerprint density at radius 3 is 2.71 bits per heavy atom. The van der Waals surface area contributed by atoms with Crippen molar-refractivity contribution in [3.05, 3.63) is 41.0 Å². The van der Waals surface area contributed by atoms with Crippen LogP contribution in [-0.2, 0) is 9.59 Å². The molecule has 2 heterocycles. The van der Waals surface area contributed by atoms with Crippen LogP contribution in [0.2, 0.25) is 5.02 Å². The highest BCUT2D eigenvalue weighted by atomic mass is 35.5. The van der Waals surface area contributed by atoms with E-state index in [-0.39, 0.29) is 30.2 Å². The summed E-state index contributed by atoms with van der Waals surface area (Å²) in [7, 11) is 0. The average molecular weight is 443 g/mol. The Labute approximate surface area is 186 Å². The van der Waals surface area contributed by atoms with Gasteiger partial charge in [-0.2, -0.15) is 5.10 Å². The van der Waals surface area contributed by atoms with Crippen molar-refractivity contribution in [2.24, 2.45) is 0 Å². The molecule has 1 aliphatic carbocycles. The minimum atomic E-state index is -0.412. The highest BCUT2D eigenvalue weighted by Crippen LogP contribution is 2.29. The van der Waals surface area contributed by atoms with Gasteiger partial charge in [-0.1, -0.05) is 43.5 Å².